The third kappa shape index (κ3) is 3.72. The summed E-state index contributed by atoms with van der Waals surface area (Å²) >= 11 is 0. The van der Waals surface area contributed by atoms with Gasteiger partial charge in [0.2, 0.25) is 0 Å². The van der Waals surface area contributed by atoms with Gasteiger partial charge in [0.25, 0.3) is 5.91 Å². The van der Waals surface area contributed by atoms with Crippen LogP contribution in [-0.4, -0.2) is 57.5 Å². The van der Waals surface area contributed by atoms with E-state index in [1.165, 1.54) is 0 Å². The fraction of sp³-hybridized carbons (Fsp3) is 0.300. The normalized spacial score (nSPS) is 16.8. The molecule has 1 aliphatic heterocycles. The van der Waals surface area contributed by atoms with Crippen LogP contribution in [0.2, 0.25) is 0 Å². The Kier molecular flexibility index (Phi) is 5.29. The van der Waals surface area contributed by atoms with Gasteiger partial charge in [0.15, 0.2) is 5.69 Å². The molecule has 1 amide bonds. The van der Waals surface area contributed by atoms with E-state index in [0.29, 0.717) is 25.3 Å². The number of pyridine rings is 1. The molecular formula is C20H22N6O2. The summed E-state index contributed by atoms with van der Waals surface area (Å²) in [5.74, 6) is 0.637. The second-order valence-electron chi connectivity index (χ2n) is 6.58. The zero-order chi connectivity index (χ0) is 19.3. The number of piperazine rings is 1. The number of carbonyl (C=O) groups excluding carboxylic acids is 1. The van der Waals surface area contributed by atoms with Crippen LogP contribution < -0.4 is 10.1 Å². The summed E-state index contributed by atoms with van der Waals surface area (Å²) in [7, 11) is 1.64. The lowest BCUT2D eigenvalue weighted by Gasteiger charge is -2.36. The zero-order valence-corrected chi connectivity index (χ0v) is 15.7. The predicted molar refractivity (Wildman–Crippen MR) is 103 cm³/mol. The Morgan fingerprint density at radius 2 is 2.11 bits per heavy atom. The molecule has 1 aromatic carbocycles. The summed E-state index contributed by atoms with van der Waals surface area (Å²) in [5, 5.41) is 11.6. The highest BCUT2D eigenvalue weighted by Gasteiger charge is 2.31. The van der Waals surface area contributed by atoms with Crippen LogP contribution in [0.25, 0.3) is 0 Å². The number of amides is 1. The molecule has 8 nitrogen and oxygen atoms in total. The first-order valence-corrected chi connectivity index (χ1v) is 9.21. The summed E-state index contributed by atoms with van der Waals surface area (Å²) in [6.07, 6.45) is 3.41. The lowest BCUT2D eigenvalue weighted by Crippen LogP contribution is -2.48. The van der Waals surface area contributed by atoms with E-state index in [0.717, 1.165) is 23.6 Å². The van der Waals surface area contributed by atoms with Gasteiger partial charge in [0, 0.05) is 31.4 Å². The number of methoxy groups -OCH3 is 1. The molecular weight excluding hydrogens is 356 g/mol. The maximum absolute atomic E-state index is 13.2. The van der Waals surface area contributed by atoms with Crippen LogP contribution in [0.1, 0.15) is 27.8 Å². The Balaban J connectivity index is 1.56. The Bertz CT molecular complexity index is 943. The predicted octanol–water partition coefficient (Wildman–Crippen LogP) is 1.52. The molecule has 0 saturated carbocycles. The van der Waals surface area contributed by atoms with Crippen molar-refractivity contribution in [1.82, 2.24) is 30.2 Å². The lowest BCUT2D eigenvalue weighted by molar-refractivity contribution is 0.0625. The van der Waals surface area contributed by atoms with Gasteiger partial charge in [-0.1, -0.05) is 29.5 Å². The second kappa shape index (κ2) is 8.18. The number of para-hydroxylation sites is 1. The van der Waals surface area contributed by atoms with Crippen LogP contribution in [0.4, 0.5) is 0 Å². The molecule has 0 radical (unpaired) electrons. The molecule has 3 heterocycles. The van der Waals surface area contributed by atoms with Crippen molar-refractivity contribution in [2.75, 3.05) is 26.7 Å². The molecule has 1 atom stereocenters. The zero-order valence-electron chi connectivity index (χ0n) is 15.7. The smallest absolute Gasteiger partial charge is 0.276 e. The van der Waals surface area contributed by atoms with E-state index in [-0.39, 0.29) is 11.9 Å². The number of nitrogens with one attached hydrogen (secondary N) is 1. The van der Waals surface area contributed by atoms with Crippen LogP contribution >= 0.6 is 0 Å². The number of nitrogens with zero attached hydrogens (tertiary/aromatic N) is 5. The summed E-state index contributed by atoms with van der Waals surface area (Å²) in [4.78, 5) is 19.3. The van der Waals surface area contributed by atoms with Crippen molar-refractivity contribution in [2.45, 2.75) is 12.6 Å². The molecule has 1 N–H and O–H groups in total. The van der Waals surface area contributed by atoms with Crippen LogP contribution in [0.3, 0.4) is 0 Å². The summed E-state index contributed by atoms with van der Waals surface area (Å²) in [5.41, 5.74) is 2.17. The van der Waals surface area contributed by atoms with Gasteiger partial charge in [-0.3, -0.25) is 9.78 Å². The highest BCUT2D eigenvalue weighted by atomic mass is 16.5. The molecule has 4 rings (SSSR count). The van der Waals surface area contributed by atoms with E-state index < -0.39 is 0 Å². The van der Waals surface area contributed by atoms with Gasteiger partial charge >= 0.3 is 0 Å². The Morgan fingerprint density at radius 3 is 2.93 bits per heavy atom. The van der Waals surface area contributed by atoms with Gasteiger partial charge in [0.05, 0.1) is 31.6 Å². The minimum Gasteiger partial charge on any atom is -0.496 e. The average Bonchev–Trinajstić information content (AvgIpc) is 3.22. The molecule has 1 fully saturated rings. The Morgan fingerprint density at radius 1 is 1.25 bits per heavy atom. The number of ether oxygens (including phenoxy) is 1. The standard InChI is InChI=1S/C20H22N6O2/c1-28-19-8-3-2-7-16(19)18-12-21-10-11-26(18)20(27)17-14-25(24-23-17)13-15-6-4-5-9-22-15/h2-9,14,18,21H,10-13H2,1H3. The summed E-state index contributed by atoms with van der Waals surface area (Å²) in [6, 6.07) is 13.4. The first-order chi connectivity index (χ1) is 13.8. The van der Waals surface area contributed by atoms with Crippen molar-refractivity contribution >= 4 is 5.91 Å². The van der Waals surface area contributed by atoms with Crippen LogP contribution in [0.5, 0.6) is 5.75 Å². The SMILES string of the molecule is COc1ccccc1C1CNCCN1C(=O)c1cn(Cc2ccccn2)nn1. The third-order valence-electron chi connectivity index (χ3n) is 4.81. The van der Waals surface area contributed by atoms with Crippen molar-refractivity contribution in [1.29, 1.82) is 0 Å². The maximum atomic E-state index is 13.2. The number of benzene rings is 1. The fourth-order valence-corrected chi connectivity index (χ4v) is 3.45. The van der Waals surface area contributed by atoms with E-state index in [4.69, 9.17) is 4.74 Å². The lowest BCUT2D eigenvalue weighted by atomic mass is 10.0. The number of aromatic nitrogens is 4. The fourth-order valence-electron chi connectivity index (χ4n) is 3.45. The summed E-state index contributed by atoms with van der Waals surface area (Å²) < 4.78 is 7.13. The third-order valence-corrected chi connectivity index (χ3v) is 4.81. The van der Waals surface area contributed by atoms with Crippen LogP contribution in [-0.2, 0) is 6.54 Å². The molecule has 2 aromatic heterocycles. The first kappa shape index (κ1) is 18.1. The molecule has 1 aliphatic rings. The average molecular weight is 378 g/mol. The topological polar surface area (TPSA) is 85.2 Å². The molecule has 0 aliphatic carbocycles. The minimum absolute atomic E-state index is 0.127. The van der Waals surface area contributed by atoms with E-state index in [2.05, 4.69) is 20.6 Å². The monoisotopic (exact) mass is 378 g/mol. The molecule has 8 heteroatoms. The van der Waals surface area contributed by atoms with E-state index in [1.807, 2.05) is 47.4 Å². The first-order valence-electron chi connectivity index (χ1n) is 9.21. The van der Waals surface area contributed by atoms with Crippen molar-refractivity contribution in [2.24, 2.45) is 0 Å². The number of hydrogen-bond donors (Lipinski definition) is 1. The molecule has 3 aromatic rings. The van der Waals surface area contributed by atoms with Gasteiger partial charge in [-0.2, -0.15) is 0 Å². The summed E-state index contributed by atoms with van der Waals surface area (Å²) in [6.45, 7) is 2.46. The van der Waals surface area contributed by atoms with Gasteiger partial charge in [0.1, 0.15) is 5.75 Å². The molecule has 0 spiro atoms. The van der Waals surface area contributed by atoms with E-state index in [1.54, 1.807) is 24.2 Å². The molecule has 144 valence electrons. The largest absolute Gasteiger partial charge is 0.496 e. The number of hydrogen-bond acceptors (Lipinski definition) is 6. The molecule has 0 bridgehead atoms. The van der Waals surface area contributed by atoms with Crippen LogP contribution in [0, 0.1) is 0 Å². The highest BCUT2D eigenvalue weighted by Crippen LogP contribution is 2.30. The highest BCUT2D eigenvalue weighted by molar-refractivity contribution is 5.92. The molecule has 28 heavy (non-hydrogen) atoms. The van der Waals surface area contributed by atoms with Crippen molar-refractivity contribution in [3.05, 3.63) is 71.8 Å². The van der Waals surface area contributed by atoms with Crippen molar-refractivity contribution in [3.8, 4) is 5.75 Å². The van der Waals surface area contributed by atoms with E-state index >= 15 is 0 Å². The maximum Gasteiger partial charge on any atom is 0.276 e. The minimum atomic E-state index is -0.135. The molecule has 1 unspecified atom stereocenters. The Labute approximate surface area is 163 Å². The van der Waals surface area contributed by atoms with E-state index in [9.17, 15) is 4.79 Å². The Hall–Kier alpha value is -3.26. The van der Waals surface area contributed by atoms with Gasteiger partial charge < -0.3 is 15.0 Å². The van der Waals surface area contributed by atoms with Gasteiger partial charge in [-0.05, 0) is 18.2 Å². The number of rotatable bonds is 5. The van der Waals surface area contributed by atoms with Crippen LogP contribution in [0.15, 0.2) is 54.9 Å². The van der Waals surface area contributed by atoms with Gasteiger partial charge in [-0.15, -0.1) is 5.10 Å². The second-order valence-corrected chi connectivity index (χ2v) is 6.58. The van der Waals surface area contributed by atoms with Crippen molar-refractivity contribution in [3.63, 3.8) is 0 Å². The van der Waals surface area contributed by atoms with Crippen molar-refractivity contribution < 1.29 is 9.53 Å². The van der Waals surface area contributed by atoms with Gasteiger partial charge in [-0.25, -0.2) is 4.68 Å². The number of carbonyl (C=O) groups is 1. The quantitative estimate of drug-likeness (QED) is 0.725. The molecule has 1 saturated heterocycles.